The van der Waals surface area contributed by atoms with Gasteiger partial charge in [0.2, 0.25) is 0 Å². The Hall–Kier alpha value is -2.89. The fourth-order valence-electron chi connectivity index (χ4n) is 2.95. The lowest BCUT2D eigenvalue weighted by Gasteiger charge is -2.20. The van der Waals surface area contributed by atoms with Crippen molar-refractivity contribution < 1.29 is 19.1 Å². The van der Waals surface area contributed by atoms with Gasteiger partial charge >= 0.3 is 5.97 Å². The van der Waals surface area contributed by atoms with E-state index in [1.165, 1.54) is 6.92 Å². The number of hydrogen-bond donors (Lipinski definition) is 1. The molecule has 2 aromatic rings. The van der Waals surface area contributed by atoms with Gasteiger partial charge in [0.25, 0.3) is 5.91 Å². The summed E-state index contributed by atoms with van der Waals surface area (Å²) in [5.74, 6) is -1.02. The van der Waals surface area contributed by atoms with E-state index in [-0.39, 0.29) is 24.0 Å². The predicted molar refractivity (Wildman–Crippen MR) is 98.1 cm³/mol. The number of amides is 1. The number of rotatable bonds is 7. The highest BCUT2D eigenvalue weighted by atomic mass is 16.5. The number of carbonyl (C=O) groups excluding carboxylic acids is 3. The van der Waals surface area contributed by atoms with Gasteiger partial charge in [0, 0.05) is 24.3 Å². The summed E-state index contributed by atoms with van der Waals surface area (Å²) in [6.07, 6.45) is 0. The van der Waals surface area contributed by atoms with Crippen LogP contribution < -0.4 is 0 Å². The highest BCUT2D eigenvalue weighted by Gasteiger charge is 2.22. The summed E-state index contributed by atoms with van der Waals surface area (Å²) >= 11 is 0. The smallest absolute Gasteiger partial charge is 0.355 e. The van der Waals surface area contributed by atoms with E-state index in [0.717, 1.165) is 5.56 Å². The summed E-state index contributed by atoms with van der Waals surface area (Å²) in [5.41, 5.74) is 2.88. The van der Waals surface area contributed by atoms with Crippen LogP contribution in [0.15, 0.2) is 30.3 Å². The van der Waals surface area contributed by atoms with Crippen LogP contribution in [0.4, 0.5) is 0 Å². The molecule has 0 saturated carbocycles. The van der Waals surface area contributed by atoms with Crippen LogP contribution in [0.2, 0.25) is 0 Å². The minimum absolute atomic E-state index is 0.119. The highest BCUT2D eigenvalue weighted by molar-refractivity contribution is 6.01. The van der Waals surface area contributed by atoms with Crippen LogP contribution in [0.1, 0.15) is 51.5 Å². The zero-order chi connectivity index (χ0) is 19.3. The van der Waals surface area contributed by atoms with Crippen LogP contribution in [-0.2, 0) is 16.1 Å². The predicted octanol–water partition coefficient (Wildman–Crippen LogP) is 3.04. The molecule has 138 valence electrons. The van der Waals surface area contributed by atoms with Crippen LogP contribution in [0.25, 0.3) is 0 Å². The van der Waals surface area contributed by atoms with Crippen LogP contribution in [-0.4, -0.2) is 40.7 Å². The van der Waals surface area contributed by atoms with Gasteiger partial charge in [0.15, 0.2) is 12.4 Å². The molecular weight excluding hydrogens is 332 g/mol. The normalized spacial score (nSPS) is 10.5. The Morgan fingerprint density at radius 3 is 2.31 bits per heavy atom. The first-order chi connectivity index (χ1) is 12.3. The molecule has 1 heterocycles. The number of H-pyrrole nitrogens is 1. The summed E-state index contributed by atoms with van der Waals surface area (Å²) < 4.78 is 5.17. The molecule has 0 unspecified atom stereocenters. The quantitative estimate of drug-likeness (QED) is 0.611. The Balaban J connectivity index is 2.01. The molecule has 6 nitrogen and oxygen atoms in total. The molecule has 0 spiro atoms. The third-order valence-corrected chi connectivity index (χ3v) is 4.27. The molecule has 0 aliphatic heterocycles. The third-order valence-electron chi connectivity index (χ3n) is 4.27. The SMILES string of the molecule is CCN(Cc1ccccc1)C(=O)COC(=O)c1[nH]c(C)c(C(C)=O)c1C. The van der Waals surface area contributed by atoms with Gasteiger partial charge in [-0.3, -0.25) is 9.59 Å². The molecular formula is C20H24N2O4. The molecule has 0 saturated heterocycles. The Morgan fingerprint density at radius 1 is 1.12 bits per heavy atom. The molecule has 26 heavy (non-hydrogen) atoms. The number of nitrogens with zero attached hydrogens (tertiary/aromatic N) is 1. The number of aromatic nitrogens is 1. The van der Waals surface area contributed by atoms with Crippen molar-refractivity contribution in [3.63, 3.8) is 0 Å². The van der Waals surface area contributed by atoms with Crippen LogP contribution in [0.3, 0.4) is 0 Å². The summed E-state index contributed by atoms with van der Waals surface area (Å²) in [6.45, 7) is 7.37. The Labute approximate surface area is 153 Å². The maximum atomic E-state index is 12.4. The third kappa shape index (κ3) is 4.39. The van der Waals surface area contributed by atoms with Crippen LogP contribution in [0, 0.1) is 13.8 Å². The monoisotopic (exact) mass is 356 g/mol. The van der Waals surface area contributed by atoms with E-state index in [4.69, 9.17) is 4.74 Å². The number of esters is 1. The van der Waals surface area contributed by atoms with Gasteiger partial charge in [-0.1, -0.05) is 30.3 Å². The van der Waals surface area contributed by atoms with Gasteiger partial charge in [0.1, 0.15) is 5.69 Å². The Bertz CT molecular complexity index is 809. The Morgan fingerprint density at radius 2 is 1.77 bits per heavy atom. The lowest BCUT2D eigenvalue weighted by atomic mass is 10.1. The zero-order valence-electron chi connectivity index (χ0n) is 15.6. The minimum Gasteiger partial charge on any atom is -0.451 e. The van der Waals surface area contributed by atoms with Crippen LogP contribution in [0.5, 0.6) is 0 Å². The molecule has 6 heteroatoms. The lowest BCUT2D eigenvalue weighted by Crippen LogP contribution is -2.34. The van der Waals surface area contributed by atoms with E-state index in [0.29, 0.717) is 29.9 Å². The fourth-order valence-corrected chi connectivity index (χ4v) is 2.95. The van der Waals surface area contributed by atoms with Crippen molar-refractivity contribution in [2.24, 2.45) is 0 Å². The molecule has 0 atom stereocenters. The second kappa shape index (κ2) is 8.47. The van der Waals surface area contributed by atoms with E-state index >= 15 is 0 Å². The van der Waals surface area contributed by atoms with E-state index in [9.17, 15) is 14.4 Å². The van der Waals surface area contributed by atoms with E-state index in [2.05, 4.69) is 4.98 Å². The van der Waals surface area contributed by atoms with E-state index in [1.807, 2.05) is 37.3 Å². The number of ether oxygens (including phenoxy) is 1. The first-order valence-electron chi connectivity index (χ1n) is 8.54. The van der Waals surface area contributed by atoms with Gasteiger partial charge in [-0.2, -0.15) is 0 Å². The van der Waals surface area contributed by atoms with Gasteiger partial charge in [-0.25, -0.2) is 4.79 Å². The standard InChI is InChI=1S/C20H24N2O4/c1-5-22(11-16-9-7-6-8-10-16)17(24)12-26-20(25)19-13(2)18(15(4)23)14(3)21-19/h6-10,21H,5,11-12H2,1-4H3. The number of likely N-dealkylation sites (N-methyl/N-ethyl adjacent to an activating group) is 1. The molecule has 0 bridgehead atoms. The number of aromatic amines is 1. The number of hydrogen-bond acceptors (Lipinski definition) is 4. The summed E-state index contributed by atoms with van der Waals surface area (Å²) in [6, 6.07) is 9.62. The van der Waals surface area contributed by atoms with Crippen molar-refractivity contribution in [1.29, 1.82) is 0 Å². The van der Waals surface area contributed by atoms with Crippen molar-refractivity contribution in [2.75, 3.05) is 13.2 Å². The average molecular weight is 356 g/mol. The topological polar surface area (TPSA) is 79.5 Å². The first-order valence-corrected chi connectivity index (χ1v) is 8.54. The molecule has 0 aliphatic rings. The highest BCUT2D eigenvalue weighted by Crippen LogP contribution is 2.19. The molecule has 1 amide bonds. The second-order valence-corrected chi connectivity index (χ2v) is 6.15. The molecule has 1 aromatic heterocycles. The van der Waals surface area contributed by atoms with Gasteiger partial charge in [0.05, 0.1) is 0 Å². The van der Waals surface area contributed by atoms with Crippen molar-refractivity contribution in [3.8, 4) is 0 Å². The zero-order valence-corrected chi connectivity index (χ0v) is 15.6. The van der Waals surface area contributed by atoms with Gasteiger partial charge < -0.3 is 14.6 Å². The number of carbonyl (C=O) groups is 3. The summed E-state index contributed by atoms with van der Waals surface area (Å²) in [4.78, 5) is 40.8. The summed E-state index contributed by atoms with van der Waals surface area (Å²) in [5, 5.41) is 0. The Kier molecular flexibility index (Phi) is 6.33. The van der Waals surface area contributed by atoms with Crippen molar-refractivity contribution >= 4 is 17.7 Å². The fraction of sp³-hybridized carbons (Fsp3) is 0.350. The summed E-state index contributed by atoms with van der Waals surface area (Å²) in [7, 11) is 0. The largest absolute Gasteiger partial charge is 0.451 e. The van der Waals surface area contributed by atoms with Gasteiger partial charge in [-0.15, -0.1) is 0 Å². The van der Waals surface area contributed by atoms with Crippen molar-refractivity contribution in [3.05, 3.63) is 58.4 Å². The first kappa shape index (κ1) is 19.4. The van der Waals surface area contributed by atoms with Crippen LogP contribution >= 0.6 is 0 Å². The molecule has 1 N–H and O–H groups in total. The maximum absolute atomic E-state index is 12.4. The number of aryl methyl sites for hydroxylation is 1. The number of ketones is 1. The molecule has 0 aliphatic carbocycles. The minimum atomic E-state index is -0.637. The van der Waals surface area contributed by atoms with Crippen molar-refractivity contribution in [1.82, 2.24) is 9.88 Å². The molecule has 0 fully saturated rings. The molecule has 1 aromatic carbocycles. The lowest BCUT2D eigenvalue weighted by molar-refractivity contribution is -0.135. The number of Topliss-reactive ketones (excluding diaryl/α,β-unsaturated/α-hetero) is 1. The van der Waals surface area contributed by atoms with Crippen molar-refractivity contribution in [2.45, 2.75) is 34.2 Å². The number of nitrogens with one attached hydrogen (secondary N) is 1. The van der Waals surface area contributed by atoms with E-state index < -0.39 is 5.97 Å². The van der Waals surface area contributed by atoms with E-state index in [1.54, 1.807) is 18.7 Å². The maximum Gasteiger partial charge on any atom is 0.355 e. The molecule has 2 rings (SSSR count). The van der Waals surface area contributed by atoms with Gasteiger partial charge in [-0.05, 0) is 38.8 Å². The second-order valence-electron chi connectivity index (χ2n) is 6.15. The average Bonchev–Trinajstić information content (AvgIpc) is 2.92. The molecule has 0 radical (unpaired) electrons. The number of benzene rings is 1.